The third kappa shape index (κ3) is 4.03. The molecule has 2 rings (SSSR count). The molecule has 0 heterocycles. The van der Waals surface area contributed by atoms with Crippen LogP contribution in [0.5, 0.6) is 0 Å². The van der Waals surface area contributed by atoms with Crippen molar-refractivity contribution < 1.29 is 17.5 Å². The van der Waals surface area contributed by atoms with Gasteiger partial charge in [-0.15, -0.1) is 0 Å². The van der Waals surface area contributed by atoms with Crippen LogP contribution in [0, 0.1) is 0 Å². The average molecular weight is 349 g/mol. The van der Waals surface area contributed by atoms with E-state index in [4.69, 9.17) is 0 Å². The van der Waals surface area contributed by atoms with Crippen molar-refractivity contribution in [2.75, 3.05) is 0 Å². The van der Waals surface area contributed by atoms with Crippen molar-refractivity contribution >= 4 is 16.7 Å². The number of benzene rings is 2. The molecule has 0 N–H and O–H groups in total. The minimum atomic E-state index is -0.112. The van der Waals surface area contributed by atoms with Gasteiger partial charge in [0.15, 0.2) is 0 Å². The number of hydrogen-bond acceptors (Lipinski definition) is 0. The Bertz CT molecular complexity index is 402. The van der Waals surface area contributed by atoms with E-state index in [9.17, 15) is 0 Å². The Morgan fingerprint density at radius 1 is 0.833 bits per heavy atom. The van der Waals surface area contributed by atoms with Crippen molar-refractivity contribution in [2.45, 2.75) is 24.7 Å². The van der Waals surface area contributed by atoms with E-state index < -0.39 is 0 Å². The zero-order valence-corrected chi connectivity index (χ0v) is 13.1. The fourth-order valence-electron chi connectivity index (χ4n) is 1.60. The Kier molecular flexibility index (Phi) is 6.09. The molecule has 0 radical (unpaired) electrons. The molecule has 0 aliphatic heterocycles. The first-order valence-electron chi connectivity index (χ1n) is 6.34. The molecule has 0 saturated heterocycles. The van der Waals surface area contributed by atoms with Gasteiger partial charge in [-0.05, 0) is 0 Å². The second-order valence-electron chi connectivity index (χ2n) is 4.04. The van der Waals surface area contributed by atoms with Crippen LogP contribution in [0.15, 0.2) is 60.7 Å². The summed E-state index contributed by atoms with van der Waals surface area (Å²) in [4.78, 5) is 1.39. The summed E-state index contributed by atoms with van der Waals surface area (Å²) in [6, 6.07) is 22.1. The second-order valence-corrected chi connectivity index (χ2v) is 10.1. The molecule has 18 heavy (non-hydrogen) atoms. The van der Waals surface area contributed by atoms with Crippen molar-refractivity contribution in [1.29, 1.82) is 0 Å². The van der Waals surface area contributed by atoms with Crippen LogP contribution >= 0.6 is 6.11 Å². The summed E-state index contributed by atoms with van der Waals surface area (Å²) >= 11 is 0.836. The molecule has 0 bridgehead atoms. The van der Waals surface area contributed by atoms with Gasteiger partial charge in [0.25, 0.3) is 0 Å². The van der Waals surface area contributed by atoms with Gasteiger partial charge in [-0.1, -0.05) is 0 Å². The van der Waals surface area contributed by atoms with Crippen LogP contribution in [-0.2, 0) is 17.5 Å². The molecule has 98 valence electrons. The number of hydrogen-bond donors (Lipinski definition) is 0. The van der Waals surface area contributed by atoms with Crippen molar-refractivity contribution in [2.24, 2.45) is 0 Å². The molecule has 0 unspecified atom stereocenters. The summed E-state index contributed by atoms with van der Waals surface area (Å²) in [6.45, 7) is 2.28. The van der Waals surface area contributed by atoms with Crippen molar-refractivity contribution in [3.05, 3.63) is 60.7 Å². The molecule has 0 saturated carbocycles. The predicted octanol–water partition coefficient (Wildman–Crippen LogP) is 4.34. The van der Waals surface area contributed by atoms with Crippen molar-refractivity contribution in [3.63, 3.8) is 0 Å². The van der Waals surface area contributed by atoms with Crippen LogP contribution < -0.4 is 10.6 Å². The van der Waals surface area contributed by atoms with Gasteiger partial charge in [-0.2, -0.15) is 0 Å². The molecule has 0 amide bonds. The zero-order valence-electron chi connectivity index (χ0n) is 10.7. The first-order chi connectivity index (χ1) is 8.92. The maximum atomic E-state index is 2.29. The molecule has 0 nitrogen and oxygen atoms in total. The second kappa shape index (κ2) is 7.86. The summed E-state index contributed by atoms with van der Waals surface area (Å²) in [5.74, 6) is 0. The minimum absolute atomic E-state index is 0.112. The van der Waals surface area contributed by atoms with Gasteiger partial charge in [0.1, 0.15) is 0 Å². The van der Waals surface area contributed by atoms with E-state index in [1.54, 1.807) is 0 Å². The molecule has 0 atom stereocenters. The van der Waals surface area contributed by atoms with Gasteiger partial charge in [-0.25, -0.2) is 0 Å². The normalized spacial score (nSPS) is 11.0. The summed E-state index contributed by atoms with van der Waals surface area (Å²) in [5, 5.41) is 3.06. The summed E-state index contributed by atoms with van der Waals surface area (Å²) in [5.41, 5.74) is 0. The first kappa shape index (κ1) is 14.0. The van der Waals surface area contributed by atoms with Gasteiger partial charge >= 0.3 is 120 Å². The molecule has 0 spiro atoms. The monoisotopic (exact) mass is 348 g/mol. The number of unbranched alkanes of at least 4 members (excludes halogenated alkanes) is 1. The SMILES string of the molecule is CCC[CH2][Pd][P](c1ccccc1)c1ccccc1. The van der Waals surface area contributed by atoms with E-state index in [-0.39, 0.29) is 6.11 Å². The van der Waals surface area contributed by atoms with E-state index in [1.165, 1.54) is 28.3 Å². The fraction of sp³-hybridized carbons (Fsp3) is 0.250. The molecule has 2 aromatic carbocycles. The van der Waals surface area contributed by atoms with Crippen LogP contribution in [0.1, 0.15) is 19.8 Å². The van der Waals surface area contributed by atoms with Gasteiger partial charge in [-0.3, -0.25) is 0 Å². The van der Waals surface area contributed by atoms with E-state index in [0.717, 1.165) is 17.5 Å². The third-order valence-corrected chi connectivity index (χ3v) is 9.83. The van der Waals surface area contributed by atoms with Crippen molar-refractivity contribution in [3.8, 4) is 0 Å². The van der Waals surface area contributed by atoms with E-state index >= 15 is 0 Å². The van der Waals surface area contributed by atoms with Crippen LogP contribution in [0.4, 0.5) is 0 Å². The average Bonchev–Trinajstić information content (AvgIpc) is 2.46. The van der Waals surface area contributed by atoms with Gasteiger partial charge in [0, 0.05) is 0 Å². The van der Waals surface area contributed by atoms with Crippen molar-refractivity contribution in [1.82, 2.24) is 0 Å². The predicted molar refractivity (Wildman–Crippen MR) is 78.8 cm³/mol. The molecule has 0 aromatic heterocycles. The van der Waals surface area contributed by atoms with Crippen LogP contribution in [-0.4, -0.2) is 0 Å². The molecule has 0 aliphatic rings. The maximum absolute atomic E-state index is 2.29. The molecule has 0 fully saturated rings. The van der Waals surface area contributed by atoms with E-state index in [2.05, 4.69) is 67.6 Å². The van der Waals surface area contributed by atoms with Crippen LogP contribution in [0.25, 0.3) is 0 Å². The number of rotatable bonds is 6. The Morgan fingerprint density at radius 3 is 1.78 bits per heavy atom. The Labute approximate surface area is 119 Å². The summed E-state index contributed by atoms with van der Waals surface area (Å²) in [6.07, 6.45) is 2.57. The summed E-state index contributed by atoms with van der Waals surface area (Å²) in [7, 11) is 0. The van der Waals surface area contributed by atoms with E-state index in [0.29, 0.717) is 0 Å². The van der Waals surface area contributed by atoms with Crippen LogP contribution in [0.2, 0.25) is 4.89 Å². The molecule has 2 heteroatoms. The molecular formula is C16H19PPd. The molecule has 0 aliphatic carbocycles. The Hall–Kier alpha value is -0.468. The Balaban J connectivity index is 2.18. The van der Waals surface area contributed by atoms with E-state index in [1.807, 2.05) is 0 Å². The standard InChI is InChI=1S/C12H10P.C4H9.Pd/c1-3-7-11(8-4-1)13-12-9-5-2-6-10-12;1-3-4-2;/h1-10H;1,3-4H2,2H3;/q-1;;+1. The van der Waals surface area contributed by atoms with Gasteiger partial charge in [0.05, 0.1) is 0 Å². The fourth-order valence-corrected chi connectivity index (χ4v) is 8.62. The topological polar surface area (TPSA) is 0 Å². The quantitative estimate of drug-likeness (QED) is 0.414. The molecular weight excluding hydrogens is 330 g/mol. The first-order valence-corrected chi connectivity index (χ1v) is 10.7. The molecule has 2 aromatic rings. The third-order valence-electron chi connectivity index (χ3n) is 2.57. The zero-order chi connectivity index (χ0) is 12.6. The summed E-state index contributed by atoms with van der Waals surface area (Å²) < 4.78 is 0. The van der Waals surface area contributed by atoms with Gasteiger partial charge in [0.2, 0.25) is 0 Å². The van der Waals surface area contributed by atoms with Gasteiger partial charge < -0.3 is 0 Å². The Morgan fingerprint density at radius 2 is 1.33 bits per heavy atom. The van der Waals surface area contributed by atoms with Crippen LogP contribution in [0.3, 0.4) is 0 Å².